The van der Waals surface area contributed by atoms with Crippen molar-refractivity contribution in [3.05, 3.63) is 42.2 Å². The van der Waals surface area contributed by atoms with Crippen LogP contribution in [0.5, 0.6) is 5.75 Å². The summed E-state index contributed by atoms with van der Waals surface area (Å²) in [5, 5.41) is 0. The SMILES string of the molecule is Br.CCOC(=O)C(C)Oc1ccc(CN2C=CN(C(C)=O)C2)cc1. The number of amides is 1. The van der Waals surface area contributed by atoms with Crippen LogP contribution >= 0.6 is 17.0 Å². The third-order valence-electron chi connectivity index (χ3n) is 3.44. The molecule has 1 unspecified atom stereocenters. The number of carbonyl (C=O) groups is 2. The van der Waals surface area contributed by atoms with E-state index in [2.05, 4.69) is 0 Å². The average molecular weight is 399 g/mol. The molecule has 0 spiro atoms. The molecule has 24 heavy (non-hydrogen) atoms. The Kier molecular flexibility index (Phi) is 7.78. The molecule has 2 rings (SSSR count). The number of halogens is 1. The largest absolute Gasteiger partial charge is 0.479 e. The third kappa shape index (κ3) is 5.56. The first-order valence-electron chi connectivity index (χ1n) is 7.61. The molecule has 0 aliphatic carbocycles. The van der Waals surface area contributed by atoms with Gasteiger partial charge < -0.3 is 14.4 Å². The highest BCUT2D eigenvalue weighted by Gasteiger charge is 2.17. The van der Waals surface area contributed by atoms with Gasteiger partial charge in [0.15, 0.2) is 6.10 Å². The van der Waals surface area contributed by atoms with Crippen molar-refractivity contribution in [2.45, 2.75) is 33.4 Å². The van der Waals surface area contributed by atoms with E-state index in [1.807, 2.05) is 35.4 Å². The van der Waals surface area contributed by atoms with Crippen LogP contribution in [0.15, 0.2) is 36.7 Å². The minimum atomic E-state index is -0.633. The van der Waals surface area contributed by atoms with E-state index in [1.165, 1.54) is 0 Å². The van der Waals surface area contributed by atoms with Gasteiger partial charge in [0.2, 0.25) is 5.91 Å². The standard InChI is InChI=1S/C17H22N2O4.BrH/c1-4-22-17(21)13(2)23-16-7-5-15(6-8-16)11-18-9-10-19(12-18)14(3)20;/h5-10,13H,4,11-12H2,1-3H3;1H. The normalized spacial score (nSPS) is 14.1. The van der Waals surface area contributed by atoms with Crippen LogP contribution in [-0.4, -0.2) is 41.1 Å². The van der Waals surface area contributed by atoms with Gasteiger partial charge in [-0.1, -0.05) is 12.1 Å². The van der Waals surface area contributed by atoms with Gasteiger partial charge in [0, 0.05) is 25.9 Å². The Hall–Kier alpha value is -2.02. The Bertz CT molecular complexity index is 589. The Morgan fingerprint density at radius 3 is 2.42 bits per heavy atom. The molecule has 1 aliphatic rings. The first-order chi connectivity index (χ1) is 11.0. The summed E-state index contributed by atoms with van der Waals surface area (Å²) in [6.45, 7) is 6.58. The zero-order chi connectivity index (χ0) is 16.8. The van der Waals surface area contributed by atoms with Crippen molar-refractivity contribution < 1.29 is 19.1 Å². The summed E-state index contributed by atoms with van der Waals surface area (Å²) in [6.07, 6.45) is 3.04. The molecular formula is C17H23BrN2O4. The van der Waals surface area contributed by atoms with E-state index in [1.54, 1.807) is 31.9 Å². The third-order valence-corrected chi connectivity index (χ3v) is 3.44. The molecule has 0 aromatic heterocycles. The minimum absolute atomic E-state index is 0. The van der Waals surface area contributed by atoms with Crippen molar-refractivity contribution in [3.8, 4) is 5.75 Å². The van der Waals surface area contributed by atoms with E-state index < -0.39 is 6.10 Å². The van der Waals surface area contributed by atoms with Crippen LogP contribution < -0.4 is 4.74 Å². The molecule has 1 atom stereocenters. The summed E-state index contributed by atoms with van der Waals surface area (Å²) in [5.74, 6) is 0.278. The second kappa shape index (κ2) is 9.32. The molecule has 6 nitrogen and oxygen atoms in total. The van der Waals surface area contributed by atoms with Crippen LogP contribution in [0.4, 0.5) is 0 Å². The van der Waals surface area contributed by atoms with Gasteiger partial charge in [-0.2, -0.15) is 0 Å². The van der Waals surface area contributed by atoms with Gasteiger partial charge in [0.05, 0.1) is 13.3 Å². The number of esters is 1. The Morgan fingerprint density at radius 2 is 1.88 bits per heavy atom. The zero-order valence-corrected chi connectivity index (χ0v) is 15.8. The second-order valence-electron chi connectivity index (χ2n) is 5.33. The summed E-state index contributed by atoms with van der Waals surface area (Å²) in [5.41, 5.74) is 1.09. The topological polar surface area (TPSA) is 59.1 Å². The maximum absolute atomic E-state index is 11.5. The van der Waals surface area contributed by atoms with Gasteiger partial charge in [-0.05, 0) is 31.5 Å². The zero-order valence-electron chi connectivity index (χ0n) is 14.1. The Labute approximate surface area is 152 Å². The average Bonchev–Trinajstić information content (AvgIpc) is 2.98. The van der Waals surface area contributed by atoms with E-state index in [-0.39, 0.29) is 28.9 Å². The van der Waals surface area contributed by atoms with Crippen LogP contribution in [-0.2, 0) is 20.9 Å². The van der Waals surface area contributed by atoms with E-state index in [9.17, 15) is 9.59 Å². The maximum Gasteiger partial charge on any atom is 0.347 e. The lowest BCUT2D eigenvalue weighted by molar-refractivity contribution is -0.150. The summed E-state index contributed by atoms with van der Waals surface area (Å²) in [7, 11) is 0. The van der Waals surface area contributed by atoms with E-state index in [4.69, 9.17) is 9.47 Å². The van der Waals surface area contributed by atoms with E-state index >= 15 is 0 Å². The summed E-state index contributed by atoms with van der Waals surface area (Å²) in [4.78, 5) is 26.5. The molecule has 0 saturated carbocycles. The molecule has 1 amide bonds. The Morgan fingerprint density at radius 1 is 1.21 bits per heavy atom. The highest BCUT2D eigenvalue weighted by Crippen LogP contribution is 2.17. The minimum Gasteiger partial charge on any atom is -0.479 e. The van der Waals surface area contributed by atoms with Crippen molar-refractivity contribution in [1.29, 1.82) is 0 Å². The van der Waals surface area contributed by atoms with Crippen molar-refractivity contribution in [1.82, 2.24) is 9.80 Å². The second-order valence-corrected chi connectivity index (χ2v) is 5.33. The number of benzene rings is 1. The fourth-order valence-electron chi connectivity index (χ4n) is 2.19. The molecule has 1 aliphatic heterocycles. The lowest BCUT2D eigenvalue weighted by atomic mass is 10.2. The van der Waals surface area contributed by atoms with Gasteiger partial charge in [-0.3, -0.25) is 9.69 Å². The molecular weight excluding hydrogens is 376 g/mol. The Balaban J connectivity index is 0.00000288. The lowest BCUT2D eigenvalue weighted by Gasteiger charge is -2.19. The molecule has 1 aromatic carbocycles. The maximum atomic E-state index is 11.5. The molecule has 0 radical (unpaired) electrons. The fraction of sp³-hybridized carbons (Fsp3) is 0.412. The van der Waals surface area contributed by atoms with Crippen LogP contribution in [0.1, 0.15) is 26.3 Å². The number of hydrogen-bond acceptors (Lipinski definition) is 5. The molecule has 1 aromatic rings. The molecule has 7 heteroatoms. The van der Waals surface area contributed by atoms with Crippen LogP contribution in [0.2, 0.25) is 0 Å². The number of hydrogen-bond donors (Lipinski definition) is 0. The van der Waals surface area contributed by atoms with Gasteiger partial charge in [0.1, 0.15) is 5.75 Å². The highest BCUT2D eigenvalue weighted by atomic mass is 79.9. The van der Waals surface area contributed by atoms with Crippen LogP contribution in [0.25, 0.3) is 0 Å². The molecule has 0 fully saturated rings. The first-order valence-corrected chi connectivity index (χ1v) is 7.61. The monoisotopic (exact) mass is 398 g/mol. The van der Waals surface area contributed by atoms with Crippen molar-refractivity contribution in [3.63, 3.8) is 0 Å². The smallest absolute Gasteiger partial charge is 0.347 e. The number of ether oxygens (including phenoxy) is 2. The molecule has 132 valence electrons. The van der Waals surface area contributed by atoms with Crippen molar-refractivity contribution in [2.24, 2.45) is 0 Å². The molecule has 0 N–H and O–H groups in total. The van der Waals surface area contributed by atoms with E-state index in [0.29, 0.717) is 25.6 Å². The number of rotatable bonds is 6. The number of carbonyl (C=O) groups excluding carboxylic acids is 2. The summed E-state index contributed by atoms with van der Waals surface area (Å²) < 4.78 is 10.5. The molecule has 0 bridgehead atoms. The molecule has 0 saturated heterocycles. The lowest BCUT2D eigenvalue weighted by Crippen LogP contribution is -2.28. The van der Waals surface area contributed by atoms with Crippen molar-refractivity contribution in [2.75, 3.05) is 13.3 Å². The van der Waals surface area contributed by atoms with Crippen LogP contribution in [0, 0.1) is 0 Å². The fourth-order valence-corrected chi connectivity index (χ4v) is 2.19. The predicted octanol–water partition coefficient (Wildman–Crippen LogP) is 2.69. The predicted molar refractivity (Wildman–Crippen MR) is 95.6 cm³/mol. The molecule has 1 heterocycles. The number of nitrogens with zero attached hydrogens (tertiary/aromatic N) is 2. The summed E-state index contributed by atoms with van der Waals surface area (Å²) >= 11 is 0. The van der Waals surface area contributed by atoms with Gasteiger partial charge in [-0.25, -0.2) is 4.79 Å². The van der Waals surface area contributed by atoms with Gasteiger partial charge >= 0.3 is 5.97 Å². The quantitative estimate of drug-likeness (QED) is 0.689. The first kappa shape index (κ1) is 20.0. The van der Waals surface area contributed by atoms with E-state index in [0.717, 1.165) is 5.56 Å². The van der Waals surface area contributed by atoms with Crippen molar-refractivity contribution >= 4 is 28.9 Å². The van der Waals surface area contributed by atoms with Gasteiger partial charge in [-0.15, -0.1) is 17.0 Å². The van der Waals surface area contributed by atoms with Crippen LogP contribution in [0.3, 0.4) is 0 Å². The summed E-state index contributed by atoms with van der Waals surface area (Å²) in [6, 6.07) is 7.54. The highest BCUT2D eigenvalue weighted by molar-refractivity contribution is 8.93. The van der Waals surface area contributed by atoms with Gasteiger partial charge in [0.25, 0.3) is 0 Å².